The molecule has 17 heavy (non-hydrogen) atoms. The van der Waals surface area contributed by atoms with Crippen molar-refractivity contribution < 1.29 is 4.42 Å². The van der Waals surface area contributed by atoms with Gasteiger partial charge >= 0.3 is 0 Å². The van der Waals surface area contributed by atoms with E-state index in [9.17, 15) is 0 Å². The van der Waals surface area contributed by atoms with E-state index in [2.05, 4.69) is 31.8 Å². The van der Waals surface area contributed by atoms with E-state index in [-0.39, 0.29) is 6.04 Å². The predicted molar refractivity (Wildman–Crippen MR) is 68.3 cm³/mol. The van der Waals surface area contributed by atoms with Crippen LogP contribution < -0.4 is 0 Å². The van der Waals surface area contributed by atoms with Crippen LogP contribution in [0.2, 0.25) is 0 Å². The molecule has 0 N–H and O–H groups in total. The van der Waals surface area contributed by atoms with Crippen molar-refractivity contribution in [1.82, 2.24) is 9.80 Å². The molecule has 2 rings (SSSR count). The normalized spacial score (nSPS) is 20.1. The first-order valence-corrected chi connectivity index (χ1v) is 6.58. The Hall–Kier alpha value is -0.830. The van der Waals surface area contributed by atoms with Crippen molar-refractivity contribution in [2.24, 2.45) is 0 Å². The summed E-state index contributed by atoms with van der Waals surface area (Å²) >= 11 is 3.31. The van der Waals surface area contributed by atoms with Crippen LogP contribution in [0, 0.1) is 11.3 Å². The molecule has 4 nitrogen and oxygen atoms in total. The largest absolute Gasteiger partial charge is 0.453 e. The average Bonchev–Trinajstić information content (AvgIpc) is 2.75. The maximum atomic E-state index is 8.87. The number of nitrogens with zero attached hydrogens (tertiary/aromatic N) is 3. The molecule has 1 saturated heterocycles. The van der Waals surface area contributed by atoms with Crippen molar-refractivity contribution in [3.8, 4) is 6.07 Å². The third kappa shape index (κ3) is 3.32. The molecule has 0 aromatic carbocycles. The van der Waals surface area contributed by atoms with Gasteiger partial charge in [-0.2, -0.15) is 5.26 Å². The minimum atomic E-state index is 0.0231. The van der Waals surface area contributed by atoms with Crippen molar-refractivity contribution in [2.45, 2.75) is 19.5 Å². The van der Waals surface area contributed by atoms with Crippen molar-refractivity contribution in [1.29, 1.82) is 5.26 Å². The van der Waals surface area contributed by atoms with Crippen LogP contribution in [0.1, 0.15) is 12.7 Å². The van der Waals surface area contributed by atoms with Crippen LogP contribution in [0.25, 0.3) is 0 Å². The molecule has 1 aliphatic heterocycles. The number of halogens is 1. The van der Waals surface area contributed by atoms with E-state index in [0.29, 0.717) is 0 Å². The summed E-state index contributed by atoms with van der Waals surface area (Å²) in [5, 5.41) is 8.87. The molecule has 1 aromatic heterocycles. The molecule has 1 aliphatic rings. The minimum Gasteiger partial charge on any atom is -0.453 e. The molecule has 1 fully saturated rings. The molecule has 0 radical (unpaired) electrons. The summed E-state index contributed by atoms with van der Waals surface area (Å²) in [6.45, 7) is 6.70. The number of hydrogen-bond donors (Lipinski definition) is 0. The Labute approximate surface area is 110 Å². The first kappa shape index (κ1) is 12.6. The van der Waals surface area contributed by atoms with Gasteiger partial charge in [-0.15, -0.1) is 0 Å². The van der Waals surface area contributed by atoms with Crippen LogP contribution in [-0.4, -0.2) is 42.0 Å². The van der Waals surface area contributed by atoms with Gasteiger partial charge in [-0.25, -0.2) is 0 Å². The van der Waals surface area contributed by atoms with Crippen LogP contribution in [0.3, 0.4) is 0 Å². The van der Waals surface area contributed by atoms with Gasteiger partial charge in [0.05, 0.1) is 18.7 Å². The molecule has 2 heterocycles. The van der Waals surface area contributed by atoms with E-state index in [0.717, 1.165) is 43.2 Å². The Morgan fingerprint density at radius 1 is 1.41 bits per heavy atom. The van der Waals surface area contributed by atoms with Crippen molar-refractivity contribution in [3.63, 3.8) is 0 Å². The predicted octanol–water partition coefficient (Wildman–Crippen LogP) is 2.07. The number of rotatable bonds is 3. The van der Waals surface area contributed by atoms with Crippen LogP contribution in [0.4, 0.5) is 0 Å². The average molecular weight is 298 g/mol. The van der Waals surface area contributed by atoms with Gasteiger partial charge in [0.15, 0.2) is 4.67 Å². The molecule has 0 bridgehead atoms. The van der Waals surface area contributed by atoms with E-state index in [1.165, 1.54) is 0 Å². The number of hydrogen-bond acceptors (Lipinski definition) is 4. The van der Waals surface area contributed by atoms with Gasteiger partial charge in [-0.3, -0.25) is 9.80 Å². The molecular formula is C12H16BrN3O. The fourth-order valence-electron chi connectivity index (χ4n) is 2.05. The van der Waals surface area contributed by atoms with E-state index < -0.39 is 0 Å². The Morgan fingerprint density at radius 3 is 2.65 bits per heavy atom. The molecule has 0 amide bonds. The Bertz CT molecular complexity index is 404. The zero-order valence-corrected chi connectivity index (χ0v) is 11.5. The van der Waals surface area contributed by atoms with Crippen molar-refractivity contribution >= 4 is 15.9 Å². The Balaban J connectivity index is 1.82. The third-order valence-corrected chi connectivity index (χ3v) is 3.58. The zero-order valence-electron chi connectivity index (χ0n) is 9.90. The quantitative estimate of drug-likeness (QED) is 0.857. The first-order valence-electron chi connectivity index (χ1n) is 5.79. The number of nitriles is 1. The van der Waals surface area contributed by atoms with E-state index in [1.54, 1.807) is 0 Å². The smallest absolute Gasteiger partial charge is 0.169 e. The summed E-state index contributed by atoms with van der Waals surface area (Å²) in [4.78, 5) is 4.57. The summed E-state index contributed by atoms with van der Waals surface area (Å²) in [7, 11) is 0. The topological polar surface area (TPSA) is 43.4 Å². The molecule has 5 heteroatoms. The maximum absolute atomic E-state index is 8.87. The Kier molecular flexibility index (Phi) is 4.21. The molecule has 92 valence electrons. The lowest BCUT2D eigenvalue weighted by Gasteiger charge is -2.35. The van der Waals surface area contributed by atoms with Gasteiger partial charge in [-0.05, 0) is 35.0 Å². The highest BCUT2D eigenvalue weighted by Crippen LogP contribution is 2.16. The number of piperazine rings is 1. The fraction of sp³-hybridized carbons (Fsp3) is 0.583. The lowest BCUT2D eigenvalue weighted by Crippen LogP contribution is -2.48. The molecular weight excluding hydrogens is 282 g/mol. The van der Waals surface area contributed by atoms with Gasteiger partial charge in [0.2, 0.25) is 0 Å². The summed E-state index contributed by atoms with van der Waals surface area (Å²) in [5.74, 6) is 0.985. The second-order valence-electron chi connectivity index (χ2n) is 4.32. The summed E-state index contributed by atoms with van der Waals surface area (Å²) in [6, 6.07) is 6.22. The molecule has 1 aromatic rings. The molecule has 0 spiro atoms. The monoisotopic (exact) mass is 297 g/mol. The maximum Gasteiger partial charge on any atom is 0.169 e. The Morgan fingerprint density at radius 2 is 2.12 bits per heavy atom. The first-order chi connectivity index (χ1) is 8.19. The van der Waals surface area contributed by atoms with Crippen LogP contribution in [-0.2, 0) is 6.54 Å². The highest BCUT2D eigenvalue weighted by Gasteiger charge is 2.21. The zero-order chi connectivity index (χ0) is 12.3. The second kappa shape index (κ2) is 5.67. The summed E-state index contributed by atoms with van der Waals surface area (Å²) in [5.41, 5.74) is 0. The lowest BCUT2D eigenvalue weighted by atomic mass is 10.2. The van der Waals surface area contributed by atoms with E-state index in [1.807, 2.05) is 19.1 Å². The second-order valence-corrected chi connectivity index (χ2v) is 5.10. The molecule has 1 atom stereocenters. The van der Waals surface area contributed by atoms with Crippen molar-refractivity contribution in [2.75, 3.05) is 26.2 Å². The SMILES string of the molecule is CC(C#N)N1CCN(Cc2ccc(Br)o2)CC1. The highest BCUT2D eigenvalue weighted by atomic mass is 79.9. The van der Waals surface area contributed by atoms with Gasteiger partial charge in [0.1, 0.15) is 5.76 Å². The molecule has 0 saturated carbocycles. The van der Waals surface area contributed by atoms with Crippen LogP contribution in [0.5, 0.6) is 0 Å². The molecule has 1 unspecified atom stereocenters. The standard InChI is InChI=1S/C12H16BrN3O/c1-10(8-14)16-6-4-15(5-7-16)9-11-2-3-12(13)17-11/h2-3,10H,4-7,9H2,1H3. The van der Waals surface area contributed by atoms with Gasteiger partial charge in [0.25, 0.3) is 0 Å². The summed E-state index contributed by atoms with van der Waals surface area (Å²) < 4.78 is 6.27. The van der Waals surface area contributed by atoms with Crippen LogP contribution in [0.15, 0.2) is 21.2 Å². The van der Waals surface area contributed by atoms with E-state index in [4.69, 9.17) is 9.68 Å². The van der Waals surface area contributed by atoms with Gasteiger partial charge in [-0.1, -0.05) is 0 Å². The van der Waals surface area contributed by atoms with Gasteiger partial charge < -0.3 is 4.42 Å². The summed E-state index contributed by atoms with van der Waals surface area (Å²) in [6.07, 6.45) is 0. The minimum absolute atomic E-state index is 0.0231. The number of furan rings is 1. The van der Waals surface area contributed by atoms with Crippen LogP contribution >= 0.6 is 15.9 Å². The fourth-order valence-corrected chi connectivity index (χ4v) is 2.39. The highest BCUT2D eigenvalue weighted by molar-refractivity contribution is 9.10. The third-order valence-electron chi connectivity index (χ3n) is 3.15. The lowest BCUT2D eigenvalue weighted by molar-refractivity contribution is 0.109. The molecule has 0 aliphatic carbocycles. The van der Waals surface area contributed by atoms with E-state index >= 15 is 0 Å². The van der Waals surface area contributed by atoms with Crippen molar-refractivity contribution in [3.05, 3.63) is 22.6 Å². The van der Waals surface area contributed by atoms with Gasteiger partial charge in [0, 0.05) is 26.2 Å².